The standard InChI is InChI=1S/C14H13FO/c1-16-14-9-5-3-7-12(14)10-11-6-2-4-8-13(11)15/h2-9H,10H2,1H3. The van der Waals surface area contributed by atoms with Crippen molar-refractivity contribution in [2.24, 2.45) is 0 Å². The van der Waals surface area contributed by atoms with Crippen molar-refractivity contribution in [2.45, 2.75) is 6.42 Å². The molecule has 2 rings (SSSR count). The van der Waals surface area contributed by atoms with Crippen molar-refractivity contribution in [3.63, 3.8) is 0 Å². The highest BCUT2D eigenvalue weighted by atomic mass is 19.1. The summed E-state index contributed by atoms with van der Waals surface area (Å²) >= 11 is 0. The summed E-state index contributed by atoms with van der Waals surface area (Å²) in [7, 11) is 1.63. The highest BCUT2D eigenvalue weighted by Gasteiger charge is 2.06. The summed E-state index contributed by atoms with van der Waals surface area (Å²) in [4.78, 5) is 0. The zero-order valence-corrected chi connectivity index (χ0v) is 9.11. The second-order valence-electron chi connectivity index (χ2n) is 3.58. The van der Waals surface area contributed by atoms with Gasteiger partial charge in [-0.25, -0.2) is 4.39 Å². The number of halogens is 1. The summed E-state index contributed by atoms with van der Waals surface area (Å²) in [5.41, 5.74) is 1.68. The third-order valence-corrected chi connectivity index (χ3v) is 2.53. The highest BCUT2D eigenvalue weighted by molar-refractivity contribution is 5.37. The van der Waals surface area contributed by atoms with Crippen LogP contribution in [0.15, 0.2) is 48.5 Å². The van der Waals surface area contributed by atoms with E-state index in [4.69, 9.17) is 4.74 Å². The summed E-state index contributed by atoms with van der Waals surface area (Å²) in [5, 5.41) is 0. The van der Waals surface area contributed by atoms with E-state index in [0.717, 1.165) is 11.3 Å². The minimum atomic E-state index is -0.173. The number of ether oxygens (including phenoxy) is 1. The van der Waals surface area contributed by atoms with E-state index in [0.29, 0.717) is 12.0 Å². The lowest BCUT2D eigenvalue weighted by atomic mass is 10.0. The van der Waals surface area contributed by atoms with Crippen molar-refractivity contribution in [1.82, 2.24) is 0 Å². The molecule has 0 fully saturated rings. The molecule has 2 heteroatoms. The molecule has 0 N–H and O–H groups in total. The SMILES string of the molecule is COc1ccccc1Cc1ccccc1F. The van der Waals surface area contributed by atoms with E-state index in [-0.39, 0.29) is 5.82 Å². The Kier molecular flexibility index (Phi) is 3.20. The highest BCUT2D eigenvalue weighted by Crippen LogP contribution is 2.21. The van der Waals surface area contributed by atoms with Gasteiger partial charge in [0.1, 0.15) is 11.6 Å². The van der Waals surface area contributed by atoms with Crippen LogP contribution < -0.4 is 4.74 Å². The van der Waals surface area contributed by atoms with Crippen molar-refractivity contribution in [1.29, 1.82) is 0 Å². The summed E-state index contributed by atoms with van der Waals surface area (Å²) in [6.45, 7) is 0. The Morgan fingerprint density at radius 2 is 1.56 bits per heavy atom. The van der Waals surface area contributed by atoms with Crippen molar-refractivity contribution in [2.75, 3.05) is 7.11 Å². The molecule has 0 bridgehead atoms. The van der Waals surface area contributed by atoms with Crippen LogP contribution in [-0.2, 0) is 6.42 Å². The van der Waals surface area contributed by atoms with E-state index in [2.05, 4.69) is 0 Å². The van der Waals surface area contributed by atoms with Gasteiger partial charge >= 0.3 is 0 Å². The molecule has 0 aliphatic rings. The maximum absolute atomic E-state index is 13.5. The molecule has 0 saturated carbocycles. The Hall–Kier alpha value is -1.83. The van der Waals surface area contributed by atoms with Crippen LogP contribution in [0.3, 0.4) is 0 Å². The Morgan fingerprint density at radius 1 is 0.938 bits per heavy atom. The summed E-state index contributed by atoms with van der Waals surface area (Å²) in [5.74, 6) is 0.624. The first-order chi connectivity index (χ1) is 7.81. The largest absolute Gasteiger partial charge is 0.496 e. The minimum Gasteiger partial charge on any atom is -0.496 e. The smallest absolute Gasteiger partial charge is 0.126 e. The van der Waals surface area contributed by atoms with Crippen molar-refractivity contribution in [3.05, 3.63) is 65.5 Å². The third kappa shape index (κ3) is 2.22. The average Bonchev–Trinajstić information content (AvgIpc) is 2.33. The fourth-order valence-corrected chi connectivity index (χ4v) is 1.70. The predicted octanol–water partition coefficient (Wildman–Crippen LogP) is 3.43. The van der Waals surface area contributed by atoms with Crippen molar-refractivity contribution < 1.29 is 9.13 Å². The van der Waals surface area contributed by atoms with Gasteiger partial charge in [-0.3, -0.25) is 0 Å². The third-order valence-electron chi connectivity index (χ3n) is 2.53. The average molecular weight is 216 g/mol. The molecule has 0 saturated heterocycles. The number of hydrogen-bond donors (Lipinski definition) is 0. The van der Waals surface area contributed by atoms with Gasteiger partial charge in [0.05, 0.1) is 7.11 Å². The fraction of sp³-hybridized carbons (Fsp3) is 0.143. The normalized spacial score (nSPS) is 10.1. The maximum atomic E-state index is 13.5. The monoisotopic (exact) mass is 216 g/mol. The van der Waals surface area contributed by atoms with Crippen molar-refractivity contribution >= 4 is 0 Å². The number of benzene rings is 2. The van der Waals surface area contributed by atoms with Gasteiger partial charge in [0, 0.05) is 6.42 Å². The summed E-state index contributed by atoms with van der Waals surface area (Å²) < 4.78 is 18.7. The molecule has 0 aromatic heterocycles. The molecular formula is C14H13FO. The Balaban J connectivity index is 2.30. The molecule has 2 aromatic carbocycles. The topological polar surface area (TPSA) is 9.23 Å². The van der Waals surface area contributed by atoms with Crippen LogP contribution in [0.1, 0.15) is 11.1 Å². The lowest BCUT2D eigenvalue weighted by molar-refractivity contribution is 0.410. The van der Waals surface area contributed by atoms with Gasteiger partial charge in [0.25, 0.3) is 0 Å². The molecule has 0 atom stereocenters. The van der Waals surface area contributed by atoms with E-state index in [9.17, 15) is 4.39 Å². The molecule has 16 heavy (non-hydrogen) atoms. The van der Waals surface area contributed by atoms with Crippen LogP contribution in [0, 0.1) is 5.82 Å². The number of hydrogen-bond acceptors (Lipinski definition) is 1. The lowest BCUT2D eigenvalue weighted by Crippen LogP contribution is -1.95. The van der Waals surface area contributed by atoms with Crippen LogP contribution in [0.4, 0.5) is 4.39 Å². The lowest BCUT2D eigenvalue weighted by Gasteiger charge is -2.08. The van der Waals surface area contributed by atoms with Gasteiger partial charge < -0.3 is 4.74 Å². The summed E-state index contributed by atoms with van der Waals surface area (Å²) in [6.07, 6.45) is 0.552. The van der Waals surface area contributed by atoms with Crippen LogP contribution in [0.25, 0.3) is 0 Å². The predicted molar refractivity (Wildman–Crippen MR) is 62.2 cm³/mol. The second kappa shape index (κ2) is 4.79. The van der Waals surface area contributed by atoms with E-state index in [1.807, 2.05) is 30.3 Å². The van der Waals surface area contributed by atoms with Crippen LogP contribution >= 0.6 is 0 Å². The molecule has 1 nitrogen and oxygen atoms in total. The Bertz CT molecular complexity index is 480. The Morgan fingerprint density at radius 3 is 2.25 bits per heavy atom. The van der Waals surface area contributed by atoms with Crippen LogP contribution in [-0.4, -0.2) is 7.11 Å². The molecule has 0 amide bonds. The van der Waals surface area contributed by atoms with E-state index in [1.54, 1.807) is 19.2 Å². The summed E-state index contributed by atoms with van der Waals surface area (Å²) in [6, 6.07) is 14.5. The van der Waals surface area contributed by atoms with E-state index in [1.165, 1.54) is 6.07 Å². The molecule has 82 valence electrons. The zero-order valence-electron chi connectivity index (χ0n) is 9.11. The first kappa shape index (κ1) is 10.7. The number of para-hydroxylation sites is 1. The molecule has 2 aromatic rings. The van der Waals surface area contributed by atoms with Gasteiger partial charge in [-0.2, -0.15) is 0 Å². The minimum absolute atomic E-state index is 0.173. The molecule has 0 aliphatic carbocycles. The molecule has 0 spiro atoms. The molecule has 0 aliphatic heterocycles. The number of methoxy groups -OCH3 is 1. The van der Waals surface area contributed by atoms with Gasteiger partial charge in [-0.05, 0) is 23.3 Å². The first-order valence-electron chi connectivity index (χ1n) is 5.16. The molecule has 0 heterocycles. The quantitative estimate of drug-likeness (QED) is 0.763. The van der Waals surface area contributed by atoms with Crippen LogP contribution in [0.5, 0.6) is 5.75 Å². The fourth-order valence-electron chi connectivity index (χ4n) is 1.70. The molecular weight excluding hydrogens is 203 g/mol. The van der Waals surface area contributed by atoms with Gasteiger partial charge in [0.15, 0.2) is 0 Å². The molecule has 0 radical (unpaired) electrons. The molecule has 0 unspecified atom stereocenters. The second-order valence-corrected chi connectivity index (χ2v) is 3.58. The van der Waals surface area contributed by atoms with Gasteiger partial charge in [-0.1, -0.05) is 36.4 Å². The van der Waals surface area contributed by atoms with E-state index < -0.39 is 0 Å². The maximum Gasteiger partial charge on any atom is 0.126 e. The first-order valence-corrected chi connectivity index (χ1v) is 5.16. The van der Waals surface area contributed by atoms with E-state index >= 15 is 0 Å². The number of rotatable bonds is 3. The Labute approximate surface area is 94.5 Å². The zero-order chi connectivity index (χ0) is 11.4. The van der Waals surface area contributed by atoms with Gasteiger partial charge in [0.2, 0.25) is 0 Å². The van der Waals surface area contributed by atoms with Crippen LogP contribution in [0.2, 0.25) is 0 Å². The van der Waals surface area contributed by atoms with Gasteiger partial charge in [-0.15, -0.1) is 0 Å². The van der Waals surface area contributed by atoms with Crippen molar-refractivity contribution in [3.8, 4) is 5.75 Å².